The molecule has 0 aromatic carbocycles. The molecular weight excluding hydrogens is 304 g/mol. The molecule has 0 radical (unpaired) electrons. The van der Waals surface area contributed by atoms with E-state index in [1.54, 1.807) is 6.20 Å². The molecule has 6 heteroatoms. The van der Waals surface area contributed by atoms with Crippen molar-refractivity contribution in [3.63, 3.8) is 0 Å². The number of carbonyl (C=O) groups excluding carboxylic acids is 1. The number of aromatic nitrogens is 1. The Hall–Kier alpha value is -1.82. The zero-order chi connectivity index (χ0) is 17.6. The predicted octanol–water partition coefficient (Wildman–Crippen LogP) is 2.28. The third kappa shape index (κ3) is 4.84. The topological polar surface area (TPSA) is 77.5 Å². The van der Waals surface area contributed by atoms with E-state index in [-0.39, 0.29) is 12.6 Å². The van der Waals surface area contributed by atoms with Gasteiger partial charge in [0.1, 0.15) is 5.82 Å². The minimum absolute atomic E-state index is 0.0366. The molecule has 1 aliphatic carbocycles. The third-order valence-corrected chi connectivity index (χ3v) is 4.95. The van der Waals surface area contributed by atoms with Gasteiger partial charge in [0.15, 0.2) is 0 Å². The monoisotopic (exact) mass is 334 g/mol. The van der Waals surface area contributed by atoms with E-state index in [0.29, 0.717) is 12.5 Å². The van der Waals surface area contributed by atoms with Gasteiger partial charge in [-0.15, -0.1) is 0 Å². The van der Waals surface area contributed by atoms with Gasteiger partial charge < -0.3 is 20.6 Å². The molecule has 2 rings (SSSR count). The van der Waals surface area contributed by atoms with Crippen molar-refractivity contribution in [2.45, 2.75) is 51.1 Å². The summed E-state index contributed by atoms with van der Waals surface area (Å²) in [6, 6.07) is 3.60. The summed E-state index contributed by atoms with van der Waals surface area (Å²) in [4.78, 5) is 18.5. The van der Waals surface area contributed by atoms with Gasteiger partial charge in [-0.1, -0.05) is 19.3 Å². The molecule has 0 saturated heterocycles. The molecule has 24 heavy (non-hydrogen) atoms. The maximum absolute atomic E-state index is 12.3. The van der Waals surface area contributed by atoms with E-state index in [2.05, 4.69) is 15.6 Å². The number of nitrogens with zero attached hydrogens (tertiary/aromatic N) is 2. The highest BCUT2D eigenvalue weighted by molar-refractivity contribution is 5.74. The lowest BCUT2D eigenvalue weighted by Crippen LogP contribution is -2.57. The molecule has 1 aliphatic rings. The Balaban J connectivity index is 1.90. The van der Waals surface area contributed by atoms with Crippen molar-refractivity contribution in [1.82, 2.24) is 15.6 Å². The largest absolute Gasteiger partial charge is 0.394 e. The average Bonchev–Trinajstić information content (AvgIpc) is 2.61. The van der Waals surface area contributed by atoms with Gasteiger partial charge in [-0.2, -0.15) is 0 Å². The molecule has 0 spiro atoms. The molecule has 1 saturated carbocycles. The van der Waals surface area contributed by atoms with E-state index < -0.39 is 5.54 Å². The Morgan fingerprint density at radius 3 is 2.71 bits per heavy atom. The van der Waals surface area contributed by atoms with E-state index in [4.69, 9.17) is 0 Å². The van der Waals surface area contributed by atoms with Crippen LogP contribution < -0.4 is 15.5 Å². The minimum Gasteiger partial charge on any atom is -0.394 e. The van der Waals surface area contributed by atoms with E-state index in [9.17, 15) is 9.90 Å². The smallest absolute Gasteiger partial charge is 0.315 e. The van der Waals surface area contributed by atoms with Crippen molar-refractivity contribution in [2.75, 3.05) is 25.6 Å². The van der Waals surface area contributed by atoms with Gasteiger partial charge in [-0.25, -0.2) is 9.78 Å². The van der Waals surface area contributed by atoms with Crippen LogP contribution in [0.25, 0.3) is 0 Å². The van der Waals surface area contributed by atoms with Crippen LogP contribution in [0.3, 0.4) is 0 Å². The Morgan fingerprint density at radius 1 is 1.38 bits per heavy atom. The number of aliphatic hydroxyl groups is 1. The zero-order valence-electron chi connectivity index (χ0n) is 15.0. The Labute approximate surface area is 144 Å². The van der Waals surface area contributed by atoms with E-state index >= 15 is 0 Å². The van der Waals surface area contributed by atoms with Crippen LogP contribution in [0.5, 0.6) is 0 Å². The molecule has 1 heterocycles. The van der Waals surface area contributed by atoms with Crippen molar-refractivity contribution in [2.24, 2.45) is 5.92 Å². The molecule has 1 aromatic heterocycles. The highest BCUT2D eigenvalue weighted by Crippen LogP contribution is 2.32. The number of pyridine rings is 1. The molecule has 0 bridgehead atoms. The molecule has 1 unspecified atom stereocenters. The van der Waals surface area contributed by atoms with E-state index in [0.717, 1.165) is 24.2 Å². The van der Waals surface area contributed by atoms with Gasteiger partial charge in [-0.05, 0) is 43.4 Å². The van der Waals surface area contributed by atoms with Gasteiger partial charge in [-0.3, -0.25) is 0 Å². The summed E-state index contributed by atoms with van der Waals surface area (Å²) in [7, 11) is 3.87. The van der Waals surface area contributed by atoms with Crippen LogP contribution in [-0.4, -0.2) is 42.4 Å². The lowest BCUT2D eigenvalue weighted by Gasteiger charge is -2.39. The first-order valence-corrected chi connectivity index (χ1v) is 8.74. The normalized spacial score (nSPS) is 17.8. The molecule has 134 valence electrons. The first-order chi connectivity index (χ1) is 11.4. The minimum atomic E-state index is -0.558. The number of nitrogens with one attached hydrogen (secondary N) is 2. The SMILES string of the molecule is CN(C)c1cc(CNC(=O)NC(C)(CO)C2CCCCC2)ccn1. The molecule has 3 N–H and O–H groups in total. The number of hydrogen-bond acceptors (Lipinski definition) is 4. The second kappa shape index (κ2) is 8.33. The summed E-state index contributed by atoms with van der Waals surface area (Å²) in [6.45, 7) is 2.34. The third-order valence-electron chi connectivity index (χ3n) is 4.95. The number of hydrogen-bond donors (Lipinski definition) is 3. The quantitative estimate of drug-likeness (QED) is 0.746. The molecule has 2 amide bonds. The second-order valence-electron chi connectivity index (χ2n) is 7.13. The summed E-state index contributed by atoms with van der Waals surface area (Å²) in [5, 5.41) is 15.7. The van der Waals surface area contributed by atoms with Crippen LogP contribution in [0.15, 0.2) is 18.3 Å². The molecule has 1 atom stereocenters. The summed E-state index contributed by atoms with van der Waals surface area (Å²) < 4.78 is 0. The average molecular weight is 334 g/mol. The fourth-order valence-electron chi connectivity index (χ4n) is 3.31. The van der Waals surface area contributed by atoms with Crippen molar-refractivity contribution in [1.29, 1.82) is 0 Å². The van der Waals surface area contributed by atoms with Crippen molar-refractivity contribution < 1.29 is 9.90 Å². The summed E-state index contributed by atoms with van der Waals surface area (Å²) >= 11 is 0. The van der Waals surface area contributed by atoms with Gasteiger partial charge in [0, 0.05) is 26.8 Å². The number of anilines is 1. The lowest BCUT2D eigenvalue weighted by molar-refractivity contribution is 0.101. The Kier molecular flexibility index (Phi) is 6.43. The Morgan fingerprint density at radius 2 is 2.08 bits per heavy atom. The van der Waals surface area contributed by atoms with Crippen LogP contribution in [0.1, 0.15) is 44.6 Å². The number of carbonyl (C=O) groups is 1. The second-order valence-corrected chi connectivity index (χ2v) is 7.13. The van der Waals surface area contributed by atoms with Crippen LogP contribution in [0, 0.1) is 5.92 Å². The van der Waals surface area contributed by atoms with Crippen molar-refractivity contribution in [3.05, 3.63) is 23.9 Å². The maximum atomic E-state index is 12.3. The molecule has 0 aliphatic heterocycles. The van der Waals surface area contributed by atoms with Crippen LogP contribution in [-0.2, 0) is 6.54 Å². The summed E-state index contributed by atoms with van der Waals surface area (Å²) in [5.41, 5.74) is 0.435. The molecule has 1 aromatic rings. The van der Waals surface area contributed by atoms with E-state index in [1.165, 1.54) is 19.3 Å². The standard InChI is InChI=1S/C18H30N4O2/c1-18(13-23,15-7-5-4-6-8-15)21-17(24)20-12-14-9-10-19-16(11-14)22(2)3/h9-11,15,23H,4-8,12-13H2,1-3H3,(H2,20,21,24). The Bertz CT molecular complexity index is 544. The van der Waals surface area contributed by atoms with Crippen molar-refractivity contribution >= 4 is 11.8 Å². The molecule has 6 nitrogen and oxygen atoms in total. The zero-order valence-corrected chi connectivity index (χ0v) is 15.0. The van der Waals surface area contributed by atoms with E-state index in [1.807, 2.05) is 38.1 Å². The molecular formula is C18H30N4O2. The highest BCUT2D eigenvalue weighted by atomic mass is 16.3. The van der Waals surface area contributed by atoms with Gasteiger partial charge in [0.05, 0.1) is 12.1 Å². The highest BCUT2D eigenvalue weighted by Gasteiger charge is 2.35. The summed E-state index contributed by atoms with van der Waals surface area (Å²) in [6.07, 6.45) is 7.47. The molecule has 1 fully saturated rings. The van der Waals surface area contributed by atoms with Crippen LogP contribution >= 0.6 is 0 Å². The van der Waals surface area contributed by atoms with Crippen molar-refractivity contribution in [3.8, 4) is 0 Å². The maximum Gasteiger partial charge on any atom is 0.315 e. The fourth-order valence-corrected chi connectivity index (χ4v) is 3.31. The number of urea groups is 1. The van der Waals surface area contributed by atoms with Gasteiger partial charge in [0.25, 0.3) is 0 Å². The predicted molar refractivity (Wildman–Crippen MR) is 96.0 cm³/mol. The number of amides is 2. The number of rotatable bonds is 6. The lowest BCUT2D eigenvalue weighted by atomic mass is 9.76. The van der Waals surface area contributed by atoms with Crippen LogP contribution in [0.4, 0.5) is 10.6 Å². The van der Waals surface area contributed by atoms with Gasteiger partial charge >= 0.3 is 6.03 Å². The van der Waals surface area contributed by atoms with Crippen LogP contribution in [0.2, 0.25) is 0 Å². The fraction of sp³-hybridized carbons (Fsp3) is 0.667. The first kappa shape index (κ1) is 18.5. The van der Waals surface area contributed by atoms with Gasteiger partial charge in [0.2, 0.25) is 0 Å². The number of aliphatic hydroxyl groups excluding tert-OH is 1. The summed E-state index contributed by atoms with van der Waals surface area (Å²) in [5.74, 6) is 1.19. The first-order valence-electron chi connectivity index (χ1n) is 8.74.